The molecule has 1 aliphatic carbocycles. The van der Waals surface area contributed by atoms with Crippen molar-refractivity contribution in [1.29, 1.82) is 0 Å². The van der Waals surface area contributed by atoms with Crippen molar-refractivity contribution in [1.82, 2.24) is 10.2 Å². The molecule has 0 spiro atoms. The van der Waals surface area contributed by atoms with E-state index in [1.54, 1.807) is 0 Å². The predicted molar refractivity (Wildman–Crippen MR) is 102 cm³/mol. The van der Waals surface area contributed by atoms with E-state index in [4.69, 9.17) is 5.73 Å². The Bertz CT molecular complexity index is 541. The number of hydrogen-bond acceptors (Lipinski definition) is 3. The van der Waals surface area contributed by atoms with Gasteiger partial charge in [-0.25, -0.2) is 0 Å². The third kappa shape index (κ3) is 5.29. The fraction of sp³-hybridized carbons (Fsp3) is 0.667. The molecule has 2 fully saturated rings. The standard InChI is InChI=1S/C21H33N3O/c22-21(12-4-3-5-13-21)20(25)23-16-18-8-10-19(11-9-18)17-24-14-6-1-2-7-15-24/h8-11H,1-7,12-17,22H2,(H,23,25). The van der Waals surface area contributed by atoms with Crippen molar-refractivity contribution in [2.75, 3.05) is 13.1 Å². The van der Waals surface area contributed by atoms with E-state index in [1.165, 1.54) is 50.8 Å². The second-order valence-electron chi connectivity index (χ2n) is 7.91. The Balaban J connectivity index is 1.48. The third-order valence-corrected chi connectivity index (χ3v) is 5.78. The molecular weight excluding hydrogens is 310 g/mol. The Morgan fingerprint density at radius 3 is 2.12 bits per heavy atom. The van der Waals surface area contributed by atoms with Crippen molar-refractivity contribution in [2.24, 2.45) is 5.73 Å². The van der Waals surface area contributed by atoms with Crippen LogP contribution in [0.4, 0.5) is 0 Å². The minimum absolute atomic E-state index is 0.0147. The highest BCUT2D eigenvalue weighted by Gasteiger charge is 2.34. The smallest absolute Gasteiger partial charge is 0.240 e. The number of nitrogens with one attached hydrogen (secondary N) is 1. The Labute approximate surface area is 152 Å². The molecule has 1 aromatic rings. The highest BCUT2D eigenvalue weighted by molar-refractivity contribution is 5.86. The number of rotatable bonds is 5. The maximum atomic E-state index is 12.4. The van der Waals surface area contributed by atoms with Crippen molar-refractivity contribution in [2.45, 2.75) is 76.4 Å². The lowest BCUT2D eigenvalue weighted by molar-refractivity contribution is -0.127. The SMILES string of the molecule is NC1(C(=O)NCc2ccc(CN3CCCCCC3)cc2)CCCCC1. The van der Waals surface area contributed by atoms with E-state index in [9.17, 15) is 4.79 Å². The van der Waals surface area contributed by atoms with Crippen molar-refractivity contribution >= 4 is 5.91 Å². The Morgan fingerprint density at radius 2 is 1.48 bits per heavy atom. The van der Waals surface area contributed by atoms with Gasteiger partial charge in [-0.2, -0.15) is 0 Å². The monoisotopic (exact) mass is 343 g/mol. The number of hydrogen-bond donors (Lipinski definition) is 2. The first-order valence-electron chi connectivity index (χ1n) is 10.0. The topological polar surface area (TPSA) is 58.4 Å². The highest BCUT2D eigenvalue weighted by Crippen LogP contribution is 2.26. The average molecular weight is 344 g/mol. The van der Waals surface area contributed by atoms with Crippen LogP contribution in [0.1, 0.15) is 68.9 Å². The number of benzene rings is 1. The molecule has 0 bridgehead atoms. The number of amides is 1. The predicted octanol–water partition coefficient (Wildman–Crippen LogP) is 3.34. The molecule has 138 valence electrons. The molecule has 4 heteroatoms. The Hall–Kier alpha value is -1.39. The molecule has 1 aromatic carbocycles. The molecule has 1 saturated carbocycles. The fourth-order valence-corrected chi connectivity index (χ4v) is 4.08. The van der Waals surface area contributed by atoms with Gasteiger partial charge in [0.2, 0.25) is 5.91 Å². The summed E-state index contributed by atoms with van der Waals surface area (Å²) in [6.07, 6.45) is 10.3. The van der Waals surface area contributed by atoms with Crippen LogP contribution in [0.2, 0.25) is 0 Å². The summed E-state index contributed by atoms with van der Waals surface area (Å²) in [4.78, 5) is 15.0. The molecule has 3 rings (SSSR count). The molecule has 1 aliphatic heterocycles. The van der Waals surface area contributed by atoms with Crippen molar-refractivity contribution < 1.29 is 4.79 Å². The minimum Gasteiger partial charge on any atom is -0.350 e. The van der Waals surface area contributed by atoms with Gasteiger partial charge in [-0.15, -0.1) is 0 Å². The number of carbonyl (C=O) groups excluding carboxylic acids is 1. The van der Waals surface area contributed by atoms with Gasteiger partial charge in [-0.3, -0.25) is 9.69 Å². The molecule has 1 heterocycles. The summed E-state index contributed by atoms with van der Waals surface area (Å²) in [5.41, 5.74) is 8.15. The summed E-state index contributed by atoms with van der Waals surface area (Å²) in [6.45, 7) is 4.05. The van der Waals surface area contributed by atoms with Crippen molar-refractivity contribution in [3.8, 4) is 0 Å². The van der Waals surface area contributed by atoms with Gasteiger partial charge in [0.1, 0.15) is 0 Å². The van der Waals surface area contributed by atoms with Crippen LogP contribution in [0.3, 0.4) is 0 Å². The first-order valence-corrected chi connectivity index (χ1v) is 10.0. The van der Waals surface area contributed by atoms with Gasteiger partial charge in [0.15, 0.2) is 0 Å². The van der Waals surface area contributed by atoms with Crippen molar-refractivity contribution in [3.05, 3.63) is 35.4 Å². The summed E-state index contributed by atoms with van der Waals surface area (Å²) in [6, 6.07) is 8.67. The van der Waals surface area contributed by atoms with Crippen LogP contribution in [-0.2, 0) is 17.9 Å². The molecule has 3 N–H and O–H groups in total. The quantitative estimate of drug-likeness (QED) is 0.862. The van der Waals surface area contributed by atoms with E-state index in [1.807, 2.05) is 0 Å². The summed E-state index contributed by atoms with van der Waals surface area (Å²) in [5, 5.41) is 3.04. The van der Waals surface area contributed by atoms with Gasteiger partial charge in [0, 0.05) is 13.1 Å². The minimum atomic E-state index is -0.648. The number of nitrogens with two attached hydrogens (primary N) is 1. The lowest BCUT2D eigenvalue weighted by atomic mass is 9.82. The second kappa shape index (κ2) is 8.81. The maximum absolute atomic E-state index is 12.4. The van der Waals surface area contributed by atoms with Crippen molar-refractivity contribution in [3.63, 3.8) is 0 Å². The van der Waals surface area contributed by atoms with E-state index in [2.05, 4.69) is 34.5 Å². The molecular formula is C21H33N3O. The molecule has 2 aliphatic rings. The molecule has 0 unspecified atom stereocenters. The Kier molecular flexibility index (Phi) is 6.49. The van der Waals surface area contributed by atoms with Crippen LogP contribution in [0.15, 0.2) is 24.3 Å². The van der Waals surface area contributed by atoms with Crippen LogP contribution in [0, 0.1) is 0 Å². The average Bonchev–Trinajstić information content (AvgIpc) is 2.90. The number of carbonyl (C=O) groups is 1. The van der Waals surface area contributed by atoms with E-state index >= 15 is 0 Å². The van der Waals surface area contributed by atoms with E-state index in [-0.39, 0.29) is 5.91 Å². The molecule has 0 radical (unpaired) electrons. The highest BCUT2D eigenvalue weighted by atomic mass is 16.2. The van der Waals surface area contributed by atoms with Crippen LogP contribution in [0.5, 0.6) is 0 Å². The first kappa shape index (κ1) is 18.4. The van der Waals surface area contributed by atoms with Crippen LogP contribution >= 0.6 is 0 Å². The van der Waals surface area contributed by atoms with Gasteiger partial charge in [-0.05, 0) is 49.9 Å². The summed E-state index contributed by atoms with van der Waals surface area (Å²) in [5.74, 6) is 0.0147. The first-order chi connectivity index (χ1) is 12.2. The maximum Gasteiger partial charge on any atom is 0.240 e. The lowest BCUT2D eigenvalue weighted by Gasteiger charge is -2.31. The number of nitrogens with zero attached hydrogens (tertiary/aromatic N) is 1. The third-order valence-electron chi connectivity index (χ3n) is 5.78. The van der Waals surface area contributed by atoms with Crippen LogP contribution in [0.25, 0.3) is 0 Å². The molecule has 25 heavy (non-hydrogen) atoms. The molecule has 1 amide bonds. The molecule has 0 atom stereocenters. The van der Waals surface area contributed by atoms with E-state index in [0.29, 0.717) is 6.54 Å². The summed E-state index contributed by atoms with van der Waals surface area (Å²) in [7, 11) is 0. The van der Waals surface area contributed by atoms with Gasteiger partial charge < -0.3 is 11.1 Å². The van der Waals surface area contributed by atoms with Crippen LogP contribution < -0.4 is 11.1 Å². The van der Waals surface area contributed by atoms with Gasteiger partial charge in [0.05, 0.1) is 5.54 Å². The lowest BCUT2D eigenvalue weighted by Crippen LogP contribution is -2.54. The molecule has 1 saturated heterocycles. The van der Waals surface area contributed by atoms with Crippen LogP contribution in [-0.4, -0.2) is 29.4 Å². The summed E-state index contributed by atoms with van der Waals surface area (Å²) >= 11 is 0. The summed E-state index contributed by atoms with van der Waals surface area (Å²) < 4.78 is 0. The van der Waals surface area contributed by atoms with E-state index < -0.39 is 5.54 Å². The van der Waals surface area contributed by atoms with Gasteiger partial charge in [-0.1, -0.05) is 56.4 Å². The molecule has 0 aromatic heterocycles. The zero-order valence-corrected chi connectivity index (χ0v) is 15.4. The fourth-order valence-electron chi connectivity index (χ4n) is 4.08. The second-order valence-corrected chi connectivity index (χ2v) is 7.91. The Morgan fingerprint density at radius 1 is 0.920 bits per heavy atom. The van der Waals surface area contributed by atoms with Gasteiger partial charge in [0.25, 0.3) is 0 Å². The zero-order chi connectivity index (χ0) is 17.5. The zero-order valence-electron chi connectivity index (χ0n) is 15.4. The normalized spacial score (nSPS) is 21.5. The van der Waals surface area contributed by atoms with E-state index in [0.717, 1.165) is 37.8 Å². The molecule has 4 nitrogen and oxygen atoms in total. The largest absolute Gasteiger partial charge is 0.350 e. The number of likely N-dealkylation sites (tertiary alicyclic amines) is 1. The van der Waals surface area contributed by atoms with Gasteiger partial charge >= 0.3 is 0 Å².